The van der Waals surface area contributed by atoms with Crippen molar-refractivity contribution in [3.8, 4) is 11.5 Å². The average molecular weight is 496 g/mol. The number of fused-ring (bicyclic) bond motifs is 5. The first-order valence-electron chi connectivity index (χ1n) is 11.3. The predicted octanol–water partition coefficient (Wildman–Crippen LogP) is 4.37. The third kappa shape index (κ3) is 4.16. The van der Waals surface area contributed by atoms with E-state index in [4.69, 9.17) is 21.1 Å². The summed E-state index contributed by atoms with van der Waals surface area (Å²) in [6.45, 7) is 2.07. The Morgan fingerprint density at radius 3 is 2.37 bits per heavy atom. The number of benzene rings is 2. The maximum Gasteiger partial charge on any atom is 0.315 e. The molecule has 2 amide bonds. The molecule has 35 heavy (non-hydrogen) atoms. The molecule has 0 aromatic heterocycles. The first kappa shape index (κ1) is 23.0. The molecule has 4 atom stereocenters. The number of hydrazone groups is 1. The minimum Gasteiger partial charge on any atom is -0.490 e. The van der Waals surface area contributed by atoms with E-state index >= 15 is 0 Å². The summed E-state index contributed by atoms with van der Waals surface area (Å²) in [5, 5.41) is 17.4. The van der Waals surface area contributed by atoms with Gasteiger partial charge in [0.2, 0.25) is 5.75 Å². The van der Waals surface area contributed by atoms with E-state index in [-0.39, 0.29) is 65.9 Å². The number of amides is 2. The third-order valence-corrected chi connectivity index (χ3v) is 6.87. The summed E-state index contributed by atoms with van der Waals surface area (Å²) in [5.74, 6) is -1.09. The maximum atomic E-state index is 12.8. The van der Waals surface area contributed by atoms with Crippen molar-refractivity contribution in [1.82, 2.24) is 5.01 Å². The standard InChI is InChI=1S/C25H22ClN3O6/c1-2-34-20-10-15(9-19(29(32)33)23(20)35-13-14-3-7-18(26)8-4-14)12-27-28-24(30)21-16-5-6-17(11-16)22(21)25(28)31/h3-10,12,16-17,21-22H,2,11,13H2,1H3. The van der Waals surface area contributed by atoms with Gasteiger partial charge in [-0.15, -0.1) is 0 Å². The fourth-order valence-corrected chi connectivity index (χ4v) is 5.21. The molecule has 1 aliphatic heterocycles. The van der Waals surface area contributed by atoms with Crippen molar-refractivity contribution in [3.05, 3.63) is 74.8 Å². The first-order valence-corrected chi connectivity index (χ1v) is 11.7. The van der Waals surface area contributed by atoms with E-state index in [1.807, 2.05) is 12.2 Å². The summed E-state index contributed by atoms with van der Waals surface area (Å²) < 4.78 is 11.4. The van der Waals surface area contributed by atoms with Crippen molar-refractivity contribution >= 4 is 35.3 Å². The lowest BCUT2D eigenvalue weighted by atomic mass is 9.85. The number of ether oxygens (including phenoxy) is 2. The number of imide groups is 1. The molecule has 2 aliphatic carbocycles. The minimum absolute atomic E-state index is 0.0190. The van der Waals surface area contributed by atoms with Crippen molar-refractivity contribution in [2.45, 2.75) is 20.0 Å². The third-order valence-electron chi connectivity index (χ3n) is 6.62. The molecule has 9 nitrogen and oxygen atoms in total. The van der Waals surface area contributed by atoms with Gasteiger partial charge >= 0.3 is 5.69 Å². The number of allylic oxidation sites excluding steroid dienone is 2. The zero-order valence-electron chi connectivity index (χ0n) is 18.8. The monoisotopic (exact) mass is 495 g/mol. The minimum atomic E-state index is -0.572. The number of nitro benzene ring substituents is 1. The van der Waals surface area contributed by atoms with Crippen LogP contribution in [0.15, 0.2) is 53.7 Å². The number of nitro groups is 1. The van der Waals surface area contributed by atoms with Gasteiger partial charge in [-0.2, -0.15) is 10.1 Å². The lowest BCUT2D eigenvalue weighted by Gasteiger charge is -2.14. The molecule has 10 heteroatoms. The van der Waals surface area contributed by atoms with Gasteiger partial charge < -0.3 is 9.47 Å². The molecule has 0 radical (unpaired) electrons. The lowest BCUT2D eigenvalue weighted by Crippen LogP contribution is -2.28. The second kappa shape index (κ2) is 9.14. The van der Waals surface area contributed by atoms with E-state index in [2.05, 4.69) is 5.10 Å². The Morgan fingerprint density at radius 2 is 1.77 bits per heavy atom. The second-order valence-corrected chi connectivity index (χ2v) is 9.14. The highest BCUT2D eigenvalue weighted by Crippen LogP contribution is 2.52. The molecule has 1 heterocycles. The number of halogens is 1. The number of rotatable bonds is 8. The fourth-order valence-electron chi connectivity index (χ4n) is 5.09. The van der Waals surface area contributed by atoms with Gasteiger partial charge in [-0.3, -0.25) is 19.7 Å². The van der Waals surface area contributed by atoms with Crippen molar-refractivity contribution in [3.63, 3.8) is 0 Å². The van der Waals surface area contributed by atoms with E-state index in [1.165, 1.54) is 18.3 Å². The summed E-state index contributed by atoms with van der Waals surface area (Å²) in [4.78, 5) is 37.0. The summed E-state index contributed by atoms with van der Waals surface area (Å²) in [6, 6.07) is 9.74. The van der Waals surface area contributed by atoms with Gasteiger partial charge in [0.25, 0.3) is 11.8 Å². The van der Waals surface area contributed by atoms with Gasteiger partial charge in [0.15, 0.2) is 5.75 Å². The topological polar surface area (TPSA) is 111 Å². The largest absolute Gasteiger partial charge is 0.490 e. The molecule has 3 aliphatic rings. The van der Waals surface area contributed by atoms with Crippen molar-refractivity contribution < 1.29 is 24.0 Å². The zero-order valence-corrected chi connectivity index (χ0v) is 19.6. The highest BCUT2D eigenvalue weighted by molar-refractivity contribution is 6.30. The molecule has 0 N–H and O–H groups in total. The highest BCUT2D eigenvalue weighted by Gasteiger charge is 2.59. The van der Waals surface area contributed by atoms with Gasteiger partial charge in [-0.25, -0.2) is 0 Å². The van der Waals surface area contributed by atoms with E-state index < -0.39 is 4.92 Å². The predicted molar refractivity (Wildman–Crippen MR) is 127 cm³/mol. The molecular weight excluding hydrogens is 474 g/mol. The number of hydrogen-bond acceptors (Lipinski definition) is 7. The van der Waals surface area contributed by atoms with Crippen LogP contribution in [0.4, 0.5) is 5.69 Å². The Hall–Kier alpha value is -3.72. The van der Waals surface area contributed by atoms with Gasteiger partial charge in [-0.05, 0) is 48.9 Å². The number of carbonyl (C=O) groups excluding carboxylic acids is 2. The molecule has 1 saturated heterocycles. The molecule has 2 bridgehead atoms. The van der Waals surface area contributed by atoms with E-state index in [9.17, 15) is 19.7 Å². The number of hydrogen-bond donors (Lipinski definition) is 0. The Kier molecular flexibility index (Phi) is 6.02. The Balaban J connectivity index is 1.41. The van der Waals surface area contributed by atoms with Crippen molar-refractivity contribution in [2.24, 2.45) is 28.8 Å². The molecule has 2 aromatic carbocycles. The summed E-state index contributed by atoms with van der Waals surface area (Å²) in [6.07, 6.45) is 6.10. The van der Waals surface area contributed by atoms with Crippen LogP contribution in [0.3, 0.4) is 0 Å². The second-order valence-electron chi connectivity index (χ2n) is 8.71. The molecule has 180 valence electrons. The molecule has 0 spiro atoms. The Bertz CT molecular complexity index is 1230. The lowest BCUT2D eigenvalue weighted by molar-refractivity contribution is -0.386. The van der Waals surface area contributed by atoms with Crippen LogP contribution in [0.1, 0.15) is 24.5 Å². The van der Waals surface area contributed by atoms with Crippen LogP contribution in [0.25, 0.3) is 0 Å². The average Bonchev–Trinajstić information content (AvgIpc) is 3.52. The number of nitrogens with zero attached hydrogens (tertiary/aromatic N) is 3. The van der Waals surface area contributed by atoms with E-state index in [0.29, 0.717) is 10.6 Å². The smallest absolute Gasteiger partial charge is 0.315 e. The van der Waals surface area contributed by atoms with E-state index in [1.54, 1.807) is 31.2 Å². The fraction of sp³-hybridized carbons (Fsp3) is 0.320. The van der Waals surface area contributed by atoms with Crippen LogP contribution in [0.5, 0.6) is 11.5 Å². The molecule has 1 saturated carbocycles. The number of carbonyl (C=O) groups is 2. The highest BCUT2D eigenvalue weighted by atomic mass is 35.5. The molecule has 2 aromatic rings. The van der Waals surface area contributed by atoms with Crippen molar-refractivity contribution in [1.29, 1.82) is 0 Å². The Labute approximate surface area is 206 Å². The van der Waals surface area contributed by atoms with Gasteiger partial charge in [0.05, 0.1) is 29.6 Å². The maximum absolute atomic E-state index is 12.8. The van der Waals surface area contributed by atoms with Gasteiger partial charge in [-0.1, -0.05) is 35.9 Å². The van der Waals surface area contributed by atoms with Crippen LogP contribution in [-0.2, 0) is 16.2 Å². The quantitative estimate of drug-likeness (QED) is 0.177. The summed E-state index contributed by atoms with van der Waals surface area (Å²) >= 11 is 5.91. The van der Waals surface area contributed by atoms with E-state index in [0.717, 1.165) is 17.0 Å². The van der Waals surface area contributed by atoms with Crippen LogP contribution in [0.2, 0.25) is 5.02 Å². The molecule has 5 rings (SSSR count). The van der Waals surface area contributed by atoms with Gasteiger partial charge in [0.1, 0.15) is 6.61 Å². The summed E-state index contributed by atoms with van der Waals surface area (Å²) in [7, 11) is 0. The SMILES string of the molecule is CCOc1cc(C=NN2C(=O)C3C4C=CC(C4)C3C2=O)cc([N+](=O)[O-])c1OCc1ccc(Cl)cc1. The molecule has 2 fully saturated rings. The normalized spacial score (nSPS) is 24.5. The van der Waals surface area contributed by atoms with Crippen LogP contribution in [0, 0.1) is 33.8 Å². The zero-order chi connectivity index (χ0) is 24.7. The van der Waals surface area contributed by atoms with Crippen LogP contribution in [-0.4, -0.2) is 34.6 Å². The molecular formula is C25H22ClN3O6. The van der Waals surface area contributed by atoms with Crippen molar-refractivity contribution in [2.75, 3.05) is 6.61 Å². The molecule has 4 unspecified atom stereocenters. The van der Waals surface area contributed by atoms with Crippen LogP contribution >= 0.6 is 11.6 Å². The first-order chi connectivity index (χ1) is 16.9. The van der Waals surface area contributed by atoms with Gasteiger partial charge in [0, 0.05) is 16.7 Å². The van der Waals surface area contributed by atoms with Crippen LogP contribution < -0.4 is 9.47 Å². The Morgan fingerprint density at radius 1 is 1.11 bits per heavy atom. The summed E-state index contributed by atoms with van der Waals surface area (Å²) in [5.41, 5.74) is 0.763.